The summed E-state index contributed by atoms with van der Waals surface area (Å²) in [5, 5.41) is 0. The number of anilines is 1. The zero-order chi connectivity index (χ0) is 14.1. The van der Waals surface area contributed by atoms with Gasteiger partial charge in [-0.1, -0.05) is 18.2 Å². The van der Waals surface area contributed by atoms with Crippen molar-refractivity contribution in [3.63, 3.8) is 0 Å². The molecule has 0 radical (unpaired) electrons. The van der Waals surface area contributed by atoms with Crippen LogP contribution in [0, 0.1) is 6.92 Å². The van der Waals surface area contributed by atoms with Crippen molar-refractivity contribution >= 4 is 5.69 Å². The maximum absolute atomic E-state index is 5.96. The van der Waals surface area contributed by atoms with Gasteiger partial charge in [0.05, 0.1) is 0 Å². The second-order valence-electron chi connectivity index (χ2n) is 5.72. The van der Waals surface area contributed by atoms with Crippen molar-refractivity contribution in [3.05, 3.63) is 58.9 Å². The molecule has 2 heterocycles. The number of benzene rings is 1. The van der Waals surface area contributed by atoms with Gasteiger partial charge in [-0.2, -0.15) is 0 Å². The maximum Gasteiger partial charge on any atom is 0.0445 e. The van der Waals surface area contributed by atoms with Crippen LogP contribution in [0.5, 0.6) is 0 Å². The third-order valence-electron chi connectivity index (χ3n) is 3.93. The molecule has 1 aliphatic rings. The summed E-state index contributed by atoms with van der Waals surface area (Å²) in [6.45, 7) is 6.13. The molecule has 20 heavy (non-hydrogen) atoms. The SMILES string of the molecule is Cc1cncc(CN2CCc3cc(C(C)N)ccc32)c1. The number of fused-ring (bicyclic) bond motifs is 1. The third kappa shape index (κ3) is 2.54. The zero-order valence-electron chi connectivity index (χ0n) is 12.1. The van der Waals surface area contributed by atoms with Crippen molar-refractivity contribution in [1.29, 1.82) is 0 Å². The molecule has 0 bridgehead atoms. The van der Waals surface area contributed by atoms with Crippen LogP contribution in [0.1, 0.15) is 35.2 Å². The molecule has 3 nitrogen and oxygen atoms in total. The van der Waals surface area contributed by atoms with E-state index in [1.807, 2.05) is 19.3 Å². The first-order chi connectivity index (χ1) is 9.63. The molecule has 2 aromatic rings. The van der Waals surface area contributed by atoms with Crippen LogP contribution in [0.4, 0.5) is 5.69 Å². The molecule has 1 aromatic heterocycles. The van der Waals surface area contributed by atoms with Crippen LogP contribution in [0.15, 0.2) is 36.7 Å². The Labute approximate surface area is 120 Å². The largest absolute Gasteiger partial charge is 0.367 e. The molecular weight excluding hydrogens is 246 g/mol. The van der Waals surface area contributed by atoms with Gasteiger partial charge in [-0.3, -0.25) is 4.98 Å². The van der Waals surface area contributed by atoms with E-state index in [2.05, 4.69) is 41.1 Å². The summed E-state index contributed by atoms with van der Waals surface area (Å²) in [5.74, 6) is 0. The minimum atomic E-state index is 0.107. The highest BCUT2D eigenvalue weighted by atomic mass is 15.1. The van der Waals surface area contributed by atoms with Gasteiger partial charge in [-0.05, 0) is 48.6 Å². The Balaban J connectivity index is 1.83. The molecule has 2 N–H and O–H groups in total. The van der Waals surface area contributed by atoms with Crippen LogP contribution >= 0.6 is 0 Å². The minimum Gasteiger partial charge on any atom is -0.367 e. The molecular formula is C17H21N3. The molecule has 0 spiro atoms. The zero-order valence-corrected chi connectivity index (χ0v) is 12.1. The van der Waals surface area contributed by atoms with E-state index in [9.17, 15) is 0 Å². The summed E-state index contributed by atoms with van der Waals surface area (Å²) in [6, 6.07) is 8.94. The molecule has 0 amide bonds. The number of hydrogen-bond donors (Lipinski definition) is 1. The average molecular weight is 267 g/mol. The van der Waals surface area contributed by atoms with E-state index >= 15 is 0 Å². The average Bonchev–Trinajstić information content (AvgIpc) is 2.81. The molecule has 1 atom stereocenters. The lowest BCUT2D eigenvalue weighted by Gasteiger charge is -2.20. The first-order valence-electron chi connectivity index (χ1n) is 7.17. The predicted molar refractivity (Wildman–Crippen MR) is 82.8 cm³/mol. The van der Waals surface area contributed by atoms with Gasteiger partial charge in [0.1, 0.15) is 0 Å². The molecule has 1 aromatic carbocycles. The summed E-state index contributed by atoms with van der Waals surface area (Å²) in [7, 11) is 0. The molecule has 104 valence electrons. The number of nitrogens with zero attached hydrogens (tertiary/aromatic N) is 2. The van der Waals surface area contributed by atoms with Crippen LogP contribution in [0.2, 0.25) is 0 Å². The summed E-state index contributed by atoms with van der Waals surface area (Å²) < 4.78 is 0. The van der Waals surface area contributed by atoms with Crippen LogP contribution in [0.3, 0.4) is 0 Å². The first-order valence-corrected chi connectivity index (χ1v) is 7.17. The Morgan fingerprint density at radius 2 is 2.15 bits per heavy atom. The Hall–Kier alpha value is -1.87. The van der Waals surface area contributed by atoms with E-state index in [1.165, 1.54) is 27.9 Å². The van der Waals surface area contributed by atoms with Crippen molar-refractivity contribution in [1.82, 2.24) is 4.98 Å². The molecule has 0 saturated carbocycles. The second-order valence-corrected chi connectivity index (χ2v) is 5.72. The summed E-state index contributed by atoms with van der Waals surface area (Å²) >= 11 is 0. The van der Waals surface area contributed by atoms with Crippen molar-refractivity contribution < 1.29 is 0 Å². The van der Waals surface area contributed by atoms with Gasteiger partial charge in [0.25, 0.3) is 0 Å². The van der Waals surface area contributed by atoms with Crippen molar-refractivity contribution in [2.75, 3.05) is 11.4 Å². The van der Waals surface area contributed by atoms with Gasteiger partial charge in [-0.15, -0.1) is 0 Å². The minimum absolute atomic E-state index is 0.107. The fourth-order valence-corrected chi connectivity index (χ4v) is 2.86. The fraction of sp³-hybridized carbons (Fsp3) is 0.353. The molecule has 0 fully saturated rings. The summed E-state index contributed by atoms with van der Waals surface area (Å²) in [6.07, 6.45) is 4.97. The third-order valence-corrected chi connectivity index (χ3v) is 3.93. The number of aryl methyl sites for hydroxylation is 1. The van der Waals surface area contributed by atoms with Crippen molar-refractivity contribution in [2.24, 2.45) is 5.73 Å². The highest BCUT2D eigenvalue weighted by molar-refractivity contribution is 5.59. The second kappa shape index (κ2) is 5.25. The van der Waals surface area contributed by atoms with Gasteiger partial charge in [0.15, 0.2) is 0 Å². The van der Waals surface area contributed by atoms with Crippen LogP contribution in [-0.2, 0) is 13.0 Å². The van der Waals surface area contributed by atoms with Gasteiger partial charge in [0, 0.05) is 37.2 Å². The number of pyridine rings is 1. The van der Waals surface area contributed by atoms with Crippen LogP contribution in [-0.4, -0.2) is 11.5 Å². The van der Waals surface area contributed by atoms with E-state index in [1.54, 1.807) is 0 Å². The van der Waals surface area contributed by atoms with E-state index in [0.29, 0.717) is 0 Å². The Kier molecular flexibility index (Phi) is 3.45. The number of rotatable bonds is 3. The van der Waals surface area contributed by atoms with Gasteiger partial charge < -0.3 is 10.6 Å². The Morgan fingerprint density at radius 3 is 2.90 bits per heavy atom. The van der Waals surface area contributed by atoms with E-state index < -0.39 is 0 Å². The standard InChI is InChI=1S/C17H21N3/c1-12-7-14(10-19-9-12)11-20-6-5-16-8-15(13(2)18)3-4-17(16)20/h3-4,7-10,13H,5-6,11,18H2,1-2H3. The predicted octanol–water partition coefficient (Wildman–Crippen LogP) is 2.97. The topological polar surface area (TPSA) is 42.2 Å². The lowest BCUT2D eigenvalue weighted by atomic mass is 10.0. The maximum atomic E-state index is 5.96. The number of aromatic nitrogens is 1. The monoisotopic (exact) mass is 267 g/mol. The lowest BCUT2D eigenvalue weighted by Crippen LogP contribution is -2.19. The van der Waals surface area contributed by atoms with E-state index in [-0.39, 0.29) is 6.04 Å². The number of nitrogens with two attached hydrogens (primary N) is 1. The smallest absolute Gasteiger partial charge is 0.0445 e. The first kappa shape index (κ1) is 13.1. The number of hydrogen-bond acceptors (Lipinski definition) is 3. The Morgan fingerprint density at radius 1 is 1.30 bits per heavy atom. The van der Waals surface area contributed by atoms with E-state index in [0.717, 1.165) is 19.5 Å². The van der Waals surface area contributed by atoms with E-state index in [4.69, 9.17) is 5.73 Å². The summed E-state index contributed by atoms with van der Waals surface area (Å²) in [5.41, 5.74) is 12.4. The normalized spacial score (nSPS) is 15.2. The highest BCUT2D eigenvalue weighted by Crippen LogP contribution is 2.31. The molecule has 0 saturated heterocycles. The van der Waals surface area contributed by atoms with Crippen LogP contribution in [0.25, 0.3) is 0 Å². The molecule has 1 unspecified atom stereocenters. The molecule has 3 heteroatoms. The van der Waals surface area contributed by atoms with Crippen molar-refractivity contribution in [2.45, 2.75) is 32.9 Å². The lowest BCUT2D eigenvalue weighted by molar-refractivity contribution is 0.816. The fourth-order valence-electron chi connectivity index (χ4n) is 2.86. The van der Waals surface area contributed by atoms with Gasteiger partial charge in [0.2, 0.25) is 0 Å². The van der Waals surface area contributed by atoms with Crippen LogP contribution < -0.4 is 10.6 Å². The van der Waals surface area contributed by atoms with Gasteiger partial charge >= 0.3 is 0 Å². The van der Waals surface area contributed by atoms with Gasteiger partial charge in [-0.25, -0.2) is 0 Å². The molecule has 3 rings (SSSR count). The quantitative estimate of drug-likeness (QED) is 0.929. The Bertz CT molecular complexity index is 619. The highest BCUT2D eigenvalue weighted by Gasteiger charge is 2.19. The molecule has 1 aliphatic heterocycles. The summed E-state index contributed by atoms with van der Waals surface area (Å²) in [4.78, 5) is 6.70. The molecule has 0 aliphatic carbocycles. The van der Waals surface area contributed by atoms with Crippen molar-refractivity contribution in [3.8, 4) is 0 Å².